The Morgan fingerprint density at radius 3 is 2.61 bits per heavy atom. The summed E-state index contributed by atoms with van der Waals surface area (Å²) in [6.07, 6.45) is 0. The van der Waals surface area contributed by atoms with Crippen molar-refractivity contribution >= 4 is 44.3 Å². The number of amides is 1. The van der Waals surface area contributed by atoms with Crippen LogP contribution < -0.4 is 5.32 Å². The molecule has 0 aliphatic heterocycles. The summed E-state index contributed by atoms with van der Waals surface area (Å²) in [5, 5.41) is 3.64. The van der Waals surface area contributed by atoms with E-state index in [1.54, 1.807) is 24.3 Å². The van der Waals surface area contributed by atoms with Crippen LogP contribution in [0.5, 0.6) is 0 Å². The van der Waals surface area contributed by atoms with Crippen LogP contribution in [-0.4, -0.2) is 11.7 Å². The smallest absolute Gasteiger partial charge is 0.291 e. The van der Waals surface area contributed by atoms with Crippen LogP contribution in [0.15, 0.2) is 51.4 Å². The highest BCUT2D eigenvalue weighted by atomic mass is 79.9. The van der Waals surface area contributed by atoms with Crippen LogP contribution in [-0.2, 0) is 0 Å². The summed E-state index contributed by atoms with van der Waals surface area (Å²) in [5.41, 5.74) is 2.36. The van der Waals surface area contributed by atoms with E-state index in [0.717, 1.165) is 15.4 Å². The van der Waals surface area contributed by atoms with Crippen LogP contribution in [0.3, 0.4) is 0 Å². The molecule has 0 saturated heterocycles. The molecule has 3 rings (SSSR count). The van der Waals surface area contributed by atoms with Crippen molar-refractivity contribution in [2.45, 2.75) is 13.8 Å². The van der Waals surface area contributed by atoms with E-state index in [1.807, 2.05) is 25.1 Å². The van der Waals surface area contributed by atoms with Gasteiger partial charge in [0.1, 0.15) is 5.58 Å². The number of aryl methyl sites for hydroxylation is 1. The standard InChI is InChI=1S/C18H14BrNO3/c1-10-14-9-12(19)7-8-16(14)23-17(10)18(22)20-15-6-4-3-5-13(15)11(2)21/h3-9H,1-2H3,(H,20,22). The Bertz CT molecular complexity index is 927. The van der Waals surface area contributed by atoms with Gasteiger partial charge in [-0.25, -0.2) is 0 Å². The second-order valence-corrected chi connectivity index (χ2v) is 6.17. The van der Waals surface area contributed by atoms with Crippen LogP contribution in [0.25, 0.3) is 11.0 Å². The van der Waals surface area contributed by atoms with Gasteiger partial charge in [0, 0.05) is 21.0 Å². The van der Waals surface area contributed by atoms with Gasteiger partial charge in [-0.15, -0.1) is 0 Å². The minimum Gasteiger partial charge on any atom is -0.451 e. The molecule has 0 unspecified atom stereocenters. The number of benzene rings is 2. The molecule has 0 radical (unpaired) electrons. The number of carbonyl (C=O) groups excluding carboxylic acids is 2. The fourth-order valence-corrected chi connectivity index (χ4v) is 2.85. The zero-order valence-corrected chi connectivity index (χ0v) is 14.2. The van der Waals surface area contributed by atoms with Crippen LogP contribution >= 0.6 is 15.9 Å². The van der Waals surface area contributed by atoms with Gasteiger partial charge in [-0.2, -0.15) is 0 Å². The molecule has 4 nitrogen and oxygen atoms in total. The number of fused-ring (bicyclic) bond motifs is 1. The summed E-state index contributed by atoms with van der Waals surface area (Å²) in [7, 11) is 0. The zero-order chi connectivity index (χ0) is 16.6. The topological polar surface area (TPSA) is 59.3 Å². The van der Waals surface area contributed by atoms with Gasteiger partial charge in [-0.05, 0) is 44.2 Å². The fourth-order valence-electron chi connectivity index (χ4n) is 2.49. The number of Topliss-reactive ketones (excluding diaryl/α,β-unsaturated/α-hetero) is 1. The Balaban J connectivity index is 1.99. The van der Waals surface area contributed by atoms with Crippen molar-refractivity contribution in [2.75, 3.05) is 5.32 Å². The molecule has 0 fully saturated rings. The number of hydrogen-bond donors (Lipinski definition) is 1. The molecule has 3 aromatic rings. The number of carbonyl (C=O) groups is 2. The summed E-state index contributed by atoms with van der Waals surface area (Å²) in [5.74, 6) is -0.230. The summed E-state index contributed by atoms with van der Waals surface area (Å²) < 4.78 is 6.59. The molecule has 0 saturated carbocycles. The highest BCUT2D eigenvalue weighted by molar-refractivity contribution is 9.10. The van der Waals surface area contributed by atoms with Crippen molar-refractivity contribution < 1.29 is 14.0 Å². The lowest BCUT2D eigenvalue weighted by Gasteiger charge is -2.07. The van der Waals surface area contributed by atoms with Crippen molar-refractivity contribution in [3.63, 3.8) is 0 Å². The van der Waals surface area contributed by atoms with Crippen molar-refractivity contribution in [1.29, 1.82) is 0 Å². The van der Waals surface area contributed by atoms with Crippen LogP contribution in [0.4, 0.5) is 5.69 Å². The molecular weight excluding hydrogens is 358 g/mol. The van der Waals surface area contributed by atoms with E-state index in [9.17, 15) is 9.59 Å². The summed E-state index contributed by atoms with van der Waals surface area (Å²) in [4.78, 5) is 24.2. The number of para-hydroxylation sites is 1. The average Bonchev–Trinajstić information content (AvgIpc) is 2.84. The number of halogens is 1. The highest BCUT2D eigenvalue weighted by Gasteiger charge is 2.19. The summed E-state index contributed by atoms with van der Waals surface area (Å²) >= 11 is 3.41. The number of furan rings is 1. The summed E-state index contributed by atoms with van der Waals surface area (Å²) in [6.45, 7) is 3.30. The Kier molecular flexibility index (Phi) is 4.05. The first-order chi connectivity index (χ1) is 11.0. The molecule has 23 heavy (non-hydrogen) atoms. The molecule has 1 heterocycles. The van der Waals surface area contributed by atoms with E-state index >= 15 is 0 Å². The van der Waals surface area contributed by atoms with Crippen molar-refractivity contribution in [2.24, 2.45) is 0 Å². The number of hydrogen-bond acceptors (Lipinski definition) is 3. The average molecular weight is 372 g/mol. The monoisotopic (exact) mass is 371 g/mol. The number of rotatable bonds is 3. The lowest BCUT2D eigenvalue weighted by molar-refractivity contribution is 0.0998. The zero-order valence-electron chi connectivity index (χ0n) is 12.6. The van der Waals surface area contributed by atoms with Gasteiger partial charge in [0.05, 0.1) is 5.69 Å². The van der Waals surface area contributed by atoms with E-state index in [2.05, 4.69) is 21.2 Å². The molecule has 1 N–H and O–H groups in total. The first kappa shape index (κ1) is 15.5. The SMILES string of the molecule is CC(=O)c1ccccc1NC(=O)c1oc2ccc(Br)cc2c1C. The first-order valence-corrected chi connectivity index (χ1v) is 7.86. The predicted octanol–water partition coefficient (Wildman–Crippen LogP) is 4.96. The second-order valence-electron chi connectivity index (χ2n) is 5.25. The molecule has 1 amide bonds. The third-order valence-corrected chi connectivity index (χ3v) is 4.15. The van der Waals surface area contributed by atoms with Gasteiger partial charge in [-0.1, -0.05) is 28.1 Å². The van der Waals surface area contributed by atoms with Gasteiger partial charge in [0.2, 0.25) is 0 Å². The Hall–Kier alpha value is -2.40. The van der Waals surface area contributed by atoms with Crippen LogP contribution in [0.1, 0.15) is 33.4 Å². The van der Waals surface area contributed by atoms with Crippen molar-refractivity contribution in [3.05, 3.63) is 63.8 Å². The first-order valence-electron chi connectivity index (χ1n) is 7.07. The van der Waals surface area contributed by atoms with Gasteiger partial charge in [0.25, 0.3) is 5.91 Å². The quantitative estimate of drug-likeness (QED) is 0.662. The molecule has 1 aromatic heterocycles. The molecule has 0 bridgehead atoms. The maximum absolute atomic E-state index is 12.5. The largest absolute Gasteiger partial charge is 0.451 e. The molecular formula is C18H14BrNO3. The number of anilines is 1. The molecule has 5 heteroatoms. The summed E-state index contributed by atoms with van der Waals surface area (Å²) in [6, 6.07) is 12.5. The highest BCUT2D eigenvalue weighted by Crippen LogP contribution is 2.29. The van der Waals surface area contributed by atoms with Gasteiger partial charge >= 0.3 is 0 Å². The lowest BCUT2D eigenvalue weighted by atomic mass is 10.1. The maximum atomic E-state index is 12.5. The van der Waals surface area contributed by atoms with Crippen molar-refractivity contribution in [3.8, 4) is 0 Å². The van der Waals surface area contributed by atoms with Crippen LogP contribution in [0.2, 0.25) is 0 Å². The Morgan fingerprint density at radius 1 is 1.13 bits per heavy atom. The predicted molar refractivity (Wildman–Crippen MR) is 93.1 cm³/mol. The van der Waals surface area contributed by atoms with Crippen molar-refractivity contribution in [1.82, 2.24) is 0 Å². The van der Waals surface area contributed by atoms with E-state index in [1.165, 1.54) is 6.92 Å². The third kappa shape index (κ3) is 2.92. The molecule has 0 atom stereocenters. The fraction of sp³-hybridized carbons (Fsp3) is 0.111. The number of nitrogens with one attached hydrogen (secondary N) is 1. The molecule has 2 aromatic carbocycles. The van der Waals surface area contributed by atoms with E-state index < -0.39 is 0 Å². The Morgan fingerprint density at radius 2 is 1.87 bits per heavy atom. The minimum atomic E-state index is -0.372. The lowest BCUT2D eigenvalue weighted by Crippen LogP contribution is -2.14. The number of ketones is 1. The second kappa shape index (κ2) is 6.01. The Labute approximate surface area is 141 Å². The van der Waals surface area contributed by atoms with Crippen LogP contribution in [0, 0.1) is 6.92 Å². The van der Waals surface area contributed by atoms with Gasteiger partial charge in [-0.3, -0.25) is 9.59 Å². The van der Waals surface area contributed by atoms with E-state index in [0.29, 0.717) is 16.8 Å². The molecule has 0 aliphatic carbocycles. The third-order valence-electron chi connectivity index (χ3n) is 3.66. The molecule has 0 aliphatic rings. The van der Waals surface area contributed by atoms with E-state index in [4.69, 9.17) is 4.42 Å². The van der Waals surface area contributed by atoms with E-state index in [-0.39, 0.29) is 17.5 Å². The molecule has 116 valence electrons. The van der Waals surface area contributed by atoms with Gasteiger partial charge < -0.3 is 9.73 Å². The van der Waals surface area contributed by atoms with Gasteiger partial charge in [0.15, 0.2) is 11.5 Å². The maximum Gasteiger partial charge on any atom is 0.291 e. The normalized spacial score (nSPS) is 10.7. The molecule has 0 spiro atoms. The minimum absolute atomic E-state index is 0.105.